The van der Waals surface area contributed by atoms with Crippen LogP contribution in [0.25, 0.3) is 0 Å². The molecular weight excluding hydrogens is 304 g/mol. The summed E-state index contributed by atoms with van der Waals surface area (Å²) in [6.07, 6.45) is 5.89. The van der Waals surface area contributed by atoms with Crippen LogP contribution < -0.4 is 0 Å². The van der Waals surface area contributed by atoms with Crippen LogP contribution in [0.4, 0.5) is 0 Å². The highest BCUT2D eigenvalue weighted by molar-refractivity contribution is 5.10. The SMILES string of the molecule is CC(C)(C)c1cnc(CN2CCC(c3ccnn3CCO)CC2)o1. The molecule has 6 heteroatoms. The van der Waals surface area contributed by atoms with E-state index in [1.807, 2.05) is 17.1 Å². The van der Waals surface area contributed by atoms with Crippen molar-refractivity contribution >= 4 is 0 Å². The van der Waals surface area contributed by atoms with E-state index >= 15 is 0 Å². The van der Waals surface area contributed by atoms with Crippen molar-refractivity contribution in [1.82, 2.24) is 19.7 Å². The lowest BCUT2D eigenvalue weighted by Crippen LogP contribution is -2.33. The molecule has 0 atom stereocenters. The van der Waals surface area contributed by atoms with Crippen LogP contribution in [0.1, 0.15) is 56.9 Å². The van der Waals surface area contributed by atoms with E-state index in [1.54, 1.807) is 0 Å². The van der Waals surface area contributed by atoms with Crippen LogP contribution >= 0.6 is 0 Å². The Balaban J connectivity index is 1.55. The summed E-state index contributed by atoms with van der Waals surface area (Å²) in [5.74, 6) is 2.27. The first-order valence-electron chi connectivity index (χ1n) is 8.77. The lowest BCUT2D eigenvalue weighted by Gasteiger charge is -2.31. The lowest BCUT2D eigenvalue weighted by molar-refractivity contribution is 0.180. The highest BCUT2D eigenvalue weighted by Gasteiger charge is 2.25. The average molecular weight is 332 g/mol. The number of aromatic nitrogens is 3. The van der Waals surface area contributed by atoms with Gasteiger partial charge in [0.1, 0.15) is 5.76 Å². The number of rotatable bonds is 5. The monoisotopic (exact) mass is 332 g/mol. The third-order valence-corrected chi connectivity index (χ3v) is 4.72. The summed E-state index contributed by atoms with van der Waals surface area (Å²) < 4.78 is 7.84. The molecule has 2 aromatic rings. The van der Waals surface area contributed by atoms with Gasteiger partial charge in [-0.2, -0.15) is 5.10 Å². The highest BCUT2D eigenvalue weighted by atomic mass is 16.4. The van der Waals surface area contributed by atoms with Crippen LogP contribution in [0.5, 0.6) is 0 Å². The third-order valence-electron chi connectivity index (χ3n) is 4.72. The van der Waals surface area contributed by atoms with Gasteiger partial charge in [0.15, 0.2) is 0 Å². The van der Waals surface area contributed by atoms with Gasteiger partial charge in [0.2, 0.25) is 5.89 Å². The van der Waals surface area contributed by atoms with Gasteiger partial charge in [-0.25, -0.2) is 4.98 Å². The molecule has 0 aromatic carbocycles. The Morgan fingerprint density at radius 1 is 1.29 bits per heavy atom. The number of aliphatic hydroxyl groups excluding tert-OH is 1. The summed E-state index contributed by atoms with van der Waals surface area (Å²) >= 11 is 0. The molecule has 1 N–H and O–H groups in total. The second-order valence-corrected chi connectivity index (χ2v) is 7.62. The first kappa shape index (κ1) is 17.2. The maximum Gasteiger partial charge on any atom is 0.208 e. The van der Waals surface area contributed by atoms with Crippen molar-refractivity contribution in [1.29, 1.82) is 0 Å². The van der Waals surface area contributed by atoms with Gasteiger partial charge in [-0.1, -0.05) is 20.8 Å². The fourth-order valence-electron chi connectivity index (χ4n) is 3.28. The molecule has 132 valence electrons. The van der Waals surface area contributed by atoms with Crippen molar-refractivity contribution in [3.63, 3.8) is 0 Å². The Kier molecular flexibility index (Phi) is 5.06. The van der Waals surface area contributed by atoms with Gasteiger partial charge in [-0.15, -0.1) is 0 Å². The van der Waals surface area contributed by atoms with E-state index in [2.05, 4.69) is 41.8 Å². The van der Waals surface area contributed by atoms with E-state index in [-0.39, 0.29) is 12.0 Å². The van der Waals surface area contributed by atoms with Crippen molar-refractivity contribution in [2.45, 2.75) is 58.0 Å². The Morgan fingerprint density at radius 3 is 2.67 bits per heavy atom. The molecule has 0 amide bonds. The first-order valence-corrected chi connectivity index (χ1v) is 8.77. The Morgan fingerprint density at radius 2 is 2.04 bits per heavy atom. The molecule has 24 heavy (non-hydrogen) atoms. The van der Waals surface area contributed by atoms with Crippen molar-refractivity contribution in [2.75, 3.05) is 19.7 Å². The summed E-state index contributed by atoms with van der Waals surface area (Å²) in [5, 5.41) is 13.5. The van der Waals surface area contributed by atoms with E-state index < -0.39 is 0 Å². The van der Waals surface area contributed by atoms with E-state index in [0.29, 0.717) is 12.5 Å². The Hall–Kier alpha value is -1.66. The summed E-state index contributed by atoms with van der Waals surface area (Å²) in [5.41, 5.74) is 1.25. The maximum absolute atomic E-state index is 9.14. The molecule has 0 unspecified atom stereocenters. The first-order chi connectivity index (χ1) is 11.5. The Bertz CT molecular complexity index is 648. The average Bonchev–Trinajstić information content (AvgIpc) is 3.18. The van der Waals surface area contributed by atoms with Gasteiger partial charge >= 0.3 is 0 Å². The number of oxazole rings is 1. The van der Waals surface area contributed by atoms with Crippen molar-refractivity contribution in [3.05, 3.63) is 35.8 Å². The van der Waals surface area contributed by atoms with Gasteiger partial charge in [0.25, 0.3) is 0 Å². The van der Waals surface area contributed by atoms with E-state index in [1.165, 1.54) is 5.69 Å². The van der Waals surface area contributed by atoms with Crippen molar-refractivity contribution < 1.29 is 9.52 Å². The number of likely N-dealkylation sites (tertiary alicyclic amines) is 1. The van der Waals surface area contributed by atoms with Crippen LogP contribution in [0, 0.1) is 0 Å². The molecule has 3 rings (SSSR count). The topological polar surface area (TPSA) is 67.3 Å². The molecule has 2 aromatic heterocycles. The van der Waals surface area contributed by atoms with E-state index in [0.717, 1.165) is 44.1 Å². The van der Waals surface area contributed by atoms with E-state index in [4.69, 9.17) is 9.52 Å². The van der Waals surface area contributed by atoms with E-state index in [9.17, 15) is 0 Å². The van der Waals surface area contributed by atoms with Crippen molar-refractivity contribution in [2.24, 2.45) is 0 Å². The molecular formula is C18H28N4O2. The van der Waals surface area contributed by atoms with Crippen LogP contribution in [0.3, 0.4) is 0 Å². The number of piperidine rings is 1. The van der Waals surface area contributed by atoms with Crippen molar-refractivity contribution in [3.8, 4) is 0 Å². The zero-order chi connectivity index (χ0) is 17.2. The zero-order valence-corrected chi connectivity index (χ0v) is 14.9. The second kappa shape index (κ2) is 7.07. The number of nitrogens with zero attached hydrogens (tertiary/aromatic N) is 4. The molecule has 3 heterocycles. The second-order valence-electron chi connectivity index (χ2n) is 7.62. The fraction of sp³-hybridized carbons (Fsp3) is 0.667. The van der Waals surface area contributed by atoms with Crippen LogP contribution in [0.15, 0.2) is 22.9 Å². The summed E-state index contributed by atoms with van der Waals surface area (Å²) in [7, 11) is 0. The molecule has 1 aliphatic heterocycles. The lowest BCUT2D eigenvalue weighted by atomic mass is 9.93. The maximum atomic E-state index is 9.14. The number of hydrogen-bond donors (Lipinski definition) is 1. The quantitative estimate of drug-likeness (QED) is 0.911. The minimum Gasteiger partial charge on any atom is -0.444 e. The summed E-state index contributed by atoms with van der Waals surface area (Å²) in [4.78, 5) is 6.84. The molecule has 0 radical (unpaired) electrons. The minimum absolute atomic E-state index is 0.00333. The minimum atomic E-state index is 0.00333. The molecule has 0 bridgehead atoms. The largest absolute Gasteiger partial charge is 0.444 e. The normalized spacial score (nSPS) is 17.5. The fourth-order valence-corrected chi connectivity index (χ4v) is 3.28. The molecule has 0 saturated carbocycles. The van der Waals surface area contributed by atoms with Crippen LogP contribution in [-0.2, 0) is 18.5 Å². The molecule has 1 fully saturated rings. The van der Waals surface area contributed by atoms with Gasteiger partial charge < -0.3 is 9.52 Å². The van der Waals surface area contributed by atoms with Crippen LogP contribution in [-0.4, -0.2) is 44.5 Å². The molecule has 0 aliphatic carbocycles. The summed E-state index contributed by atoms with van der Waals surface area (Å²) in [6, 6.07) is 2.08. The van der Waals surface area contributed by atoms with Gasteiger partial charge in [-0.3, -0.25) is 9.58 Å². The van der Waals surface area contributed by atoms with Gasteiger partial charge in [0, 0.05) is 23.2 Å². The standard InChI is InChI=1S/C18H28N4O2/c1-18(2,3)16-12-19-17(24-16)13-21-8-5-14(6-9-21)15-4-7-20-22(15)10-11-23/h4,7,12,14,23H,5-6,8-11,13H2,1-3H3. The Labute approximate surface area is 143 Å². The van der Waals surface area contributed by atoms with Gasteiger partial charge in [0.05, 0.1) is 25.9 Å². The molecule has 1 saturated heterocycles. The predicted molar refractivity (Wildman–Crippen MR) is 91.8 cm³/mol. The van der Waals surface area contributed by atoms with Gasteiger partial charge in [-0.05, 0) is 32.0 Å². The zero-order valence-electron chi connectivity index (χ0n) is 14.9. The smallest absolute Gasteiger partial charge is 0.208 e. The van der Waals surface area contributed by atoms with Crippen LogP contribution in [0.2, 0.25) is 0 Å². The predicted octanol–water partition coefficient (Wildman–Crippen LogP) is 2.54. The number of hydrogen-bond acceptors (Lipinski definition) is 5. The molecule has 0 spiro atoms. The number of aliphatic hydroxyl groups is 1. The highest BCUT2D eigenvalue weighted by Crippen LogP contribution is 2.29. The third kappa shape index (κ3) is 3.87. The molecule has 6 nitrogen and oxygen atoms in total. The molecule has 1 aliphatic rings. The summed E-state index contributed by atoms with van der Waals surface area (Å²) in [6.45, 7) is 9.96.